The molecule has 0 bridgehead atoms. The number of nitriles is 1. The van der Waals surface area contributed by atoms with Gasteiger partial charge in [0.2, 0.25) is 0 Å². The highest BCUT2D eigenvalue weighted by atomic mass is 79.9. The summed E-state index contributed by atoms with van der Waals surface area (Å²) >= 11 is 2.95. The Kier molecular flexibility index (Phi) is 5.17. The number of anilines is 1. The number of aliphatic hydroxyl groups excluding tert-OH is 2. The van der Waals surface area contributed by atoms with Crippen molar-refractivity contribution >= 4 is 21.6 Å². The molecule has 104 valence electrons. The van der Waals surface area contributed by atoms with E-state index in [4.69, 9.17) is 15.5 Å². The molecule has 0 aliphatic rings. The number of nitrogens with zero attached hydrogens (tertiary/aromatic N) is 1. The zero-order chi connectivity index (χ0) is 14.6. The minimum absolute atomic E-state index is 0.0593. The lowest BCUT2D eigenvalue weighted by molar-refractivity contribution is -0.137. The summed E-state index contributed by atoms with van der Waals surface area (Å²) in [7, 11) is 0. The lowest BCUT2D eigenvalue weighted by atomic mass is 10.1. The predicted octanol–water partition coefficient (Wildman–Crippen LogP) is 2.10. The summed E-state index contributed by atoms with van der Waals surface area (Å²) in [5.74, 6) is 0. The molecule has 8 heteroatoms. The van der Waals surface area contributed by atoms with Crippen LogP contribution < -0.4 is 5.32 Å². The van der Waals surface area contributed by atoms with Gasteiger partial charge in [-0.25, -0.2) is 0 Å². The number of aliphatic hydroxyl groups is 2. The Morgan fingerprint density at radius 2 is 2.05 bits per heavy atom. The Labute approximate surface area is 115 Å². The molecule has 0 fully saturated rings. The molecule has 0 aromatic heterocycles. The first-order valence-electron chi connectivity index (χ1n) is 5.13. The quantitative estimate of drug-likeness (QED) is 0.785. The van der Waals surface area contributed by atoms with E-state index < -0.39 is 24.5 Å². The molecule has 4 nitrogen and oxygen atoms in total. The summed E-state index contributed by atoms with van der Waals surface area (Å²) in [6, 6.07) is 3.60. The lowest BCUT2D eigenvalue weighted by Gasteiger charge is -2.18. The molecule has 0 radical (unpaired) electrons. The first-order valence-corrected chi connectivity index (χ1v) is 5.92. The molecule has 1 aromatic carbocycles. The maximum absolute atomic E-state index is 12.9. The molecule has 0 amide bonds. The second kappa shape index (κ2) is 6.23. The van der Waals surface area contributed by atoms with Crippen molar-refractivity contribution in [1.29, 1.82) is 5.26 Å². The Balaban J connectivity index is 3.18. The van der Waals surface area contributed by atoms with E-state index in [1.165, 1.54) is 6.07 Å². The van der Waals surface area contributed by atoms with E-state index in [0.29, 0.717) is 0 Å². The first kappa shape index (κ1) is 15.8. The Morgan fingerprint density at radius 1 is 1.42 bits per heavy atom. The van der Waals surface area contributed by atoms with Crippen LogP contribution in [0.15, 0.2) is 16.6 Å². The summed E-state index contributed by atoms with van der Waals surface area (Å²) in [4.78, 5) is 0. The minimum atomic E-state index is -4.64. The molecular formula is C11H10BrF3N2O2. The third-order valence-corrected chi connectivity index (χ3v) is 2.88. The number of hydrogen-bond donors (Lipinski definition) is 3. The van der Waals surface area contributed by atoms with Crippen molar-refractivity contribution in [2.75, 3.05) is 18.5 Å². The Bertz CT molecular complexity index is 500. The average molecular weight is 339 g/mol. The van der Waals surface area contributed by atoms with Crippen LogP contribution in [0.3, 0.4) is 0 Å². The Hall–Kier alpha value is -1.30. The van der Waals surface area contributed by atoms with Crippen molar-refractivity contribution < 1.29 is 23.4 Å². The van der Waals surface area contributed by atoms with Crippen LogP contribution in [0.2, 0.25) is 0 Å². The monoisotopic (exact) mass is 338 g/mol. The number of rotatable bonds is 4. The zero-order valence-electron chi connectivity index (χ0n) is 9.50. The molecule has 19 heavy (non-hydrogen) atoms. The number of benzene rings is 1. The smallest absolute Gasteiger partial charge is 0.394 e. The van der Waals surface area contributed by atoms with Crippen LogP contribution >= 0.6 is 15.9 Å². The van der Waals surface area contributed by atoms with Crippen molar-refractivity contribution in [3.05, 3.63) is 27.7 Å². The van der Waals surface area contributed by atoms with Gasteiger partial charge in [-0.2, -0.15) is 18.4 Å². The molecule has 0 aliphatic heterocycles. The summed E-state index contributed by atoms with van der Waals surface area (Å²) in [6.45, 7) is -0.813. The lowest BCUT2D eigenvalue weighted by Crippen LogP contribution is -2.24. The molecule has 0 spiro atoms. The van der Waals surface area contributed by atoms with E-state index in [1.807, 2.05) is 0 Å². The summed E-state index contributed by atoms with van der Waals surface area (Å²) < 4.78 is 38.7. The van der Waals surface area contributed by atoms with Gasteiger partial charge < -0.3 is 15.5 Å². The van der Waals surface area contributed by atoms with E-state index in [0.717, 1.165) is 6.07 Å². The molecule has 0 saturated heterocycles. The third-order valence-electron chi connectivity index (χ3n) is 2.25. The molecule has 1 atom stereocenters. The van der Waals surface area contributed by atoms with Crippen LogP contribution in [0.25, 0.3) is 0 Å². The highest BCUT2D eigenvalue weighted by molar-refractivity contribution is 9.10. The maximum atomic E-state index is 12.9. The molecule has 3 N–H and O–H groups in total. The topological polar surface area (TPSA) is 76.3 Å². The van der Waals surface area contributed by atoms with Crippen LogP contribution in [0.5, 0.6) is 0 Å². The average Bonchev–Trinajstić information content (AvgIpc) is 2.34. The van der Waals surface area contributed by atoms with Gasteiger partial charge in [0, 0.05) is 11.0 Å². The van der Waals surface area contributed by atoms with Gasteiger partial charge in [-0.1, -0.05) is 0 Å². The van der Waals surface area contributed by atoms with Gasteiger partial charge in [0.05, 0.1) is 35.6 Å². The molecule has 1 aromatic rings. The number of hydrogen-bond acceptors (Lipinski definition) is 4. The van der Waals surface area contributed by atoms with E-state index in [1.54, 1.807) is 6.07 Å². The van der Waals surface area contributed by atoms with E-state index >= 15 is 0 Å². The fourth-order valence-corrected chi connectivity index (χ4v) is 1.96. The third kappa shape index (κ3) is 4.09. The van der Waals surface area contributed by atoms with Gasteiger partial charge in [0.25, 0.3) is 0 Å². The summed E-state index contributed by atoms with van der Waals surface area (Å²) in [6.07, 6.45) is -5.81. The first-order chi connectivity index (χ1) is 8.79. The van der Waals surface area contributed by atoms with Crippen molar-refractivity contribution in [3.63, 3.8) is 0 Å². The van der Waals surface area contributed by atoms with Crippen molar-refractivity contribution in [2.45, 2.75) is 12.3 Å². The van der Waals surface area contributed by atoms with Crippen LogP contribution in [-0.2, 0) is 6.18 Å². The highest BCUT2D eigenvalue weighted by Crippen LogP contribution is 2.39. The molecule has 0 heterocycles. The van der Waals surface area contributed by atoms with Gasteiger partial charge >= 0.3 is 6.18 Å². The maximum Gasteiger partial charge on any atom is 0.418 e. The summed E-state index contributed by atoms with van der Waals surface area (Å²) in [5, 5.41) is 28.8. The molecule has 0 saturated carbocycles. The number of nitrogens with one attached hydrogen (secondary N) is 1. The normalized spacial score (nSPS) is 12.9. The van der Waals surface area contributed by atoms with Crippen molar-refractivity contribution in [2.24, 2.45) is 0 Å². The van der Waals surface area contributed by atoms with Gasteiger partial charge in [-0.3, -0.25) is 0 Å². The van der Waals surface area contributed by atoms with Gasteiger partial charge in [-0.05, 0) is 28.1 Å². The van der Waals surface area contributed by atoms with E-state index in [-0.39, 0.29) is 22.3 Å². The van der Waals surface area contributed by atoms with Gasteiger partial charge in [-0.15, -0.1) is 0 Å². The highest BCUT2D eigenvalue weighted by Gasteiger charge is 2.35. The molecule has 1 unspecified atom stereocenters. The number of halogens is 4. The van der Waals surface area contributed by atoms with Crippen molar-refractivity contribution in [1.82, 2.24) is 0 Å². The van der Waals surface area contributed by atoms with Crippen LogP contribution in [0.4, 0.5) is 18.9 Å². The van der Waals surface area contributed by atoms with Gasteiger partial charge in [0.15, 0.2) is 0 Å². The van der Waals surface area contributed by atoms with Crippen LogP contribution in [0, 0.1) is 11.3 Å². The molecular weight excluding hydrogens is 329 g/mol. The fourth-order valence-electron chi connectivity index (χ4n) is 1.36. The van der Waals surface area contributed by atoms with Crippen LogP contribution in [0.1, 0.15) is 11.1 Å². The zero-order valence-corrected chi connectivity index (χ0v) is 11.1. The second-order valence-electron chi connectivity index (χ2n) is 3.71. The number of alkyl halides is 3. The van der Waals surface area contributed by atoms with Crippen molar-refractivity contribution in [3.8, 4) is 6.07 Å². The molecule has 0 aliphatic carbocycles. The second-order valence-corrected chi connectivity index (χ2v) is 4.56. The SMILES string of the molecule is N#Cc1cc(Br)c(NCC(O)CO)c(C(F)(F)F)c1. The summed E-state index contributed by atoms with van der Waals surface area (Å²) in [5.41, 5.74) is -1.42. The van der Waals surface area contributed by atoms with E-state index in [2.05, 4.69) is 21.2 Å². The Morgan fingerprint density at radius 3 is 2.53 bits per heavy atom. The van der Waals surface area contributed by atoms with E-state index in [9.17, 15) is 13.2 Å². The fraction of sp³-hybridized carbons (Fsp3) is 0.364. The van der Waals surface area contributed by atoms with Crippen LogP contribution in [-0.4, -0.2) is 29.5 Å². The standard InChI is InChI=1S/C11H10BrF3N2O2/c12-9-2-6(3-16)1-8(11(13,14)15)10(9)17-4-7(19)5-18/h1-2,7,17-19H,4-5H2. The largest absolute Gasteiger partial charge is 0.418 e. The van der Waals surface area contributed by atoms with Gasteiger partial charge in [0.1, 0.15) is 0 Å². The molecule has 1 rings (SSSR count). The predicted molar refractivity (Wildman–Crippen MR) is 65.4 cm³/mol. The minimum Gasteiger partial charge on any atom is -0.394 e.